The summed E-state index contributed by atoms with van der Waals surface area (Å²) in [7, 11) is -3.26. The monoisotopic (exact) mass is 444 g/mol. The van der Waals surface area contributed by atoms with Crippen LogP contribution in [-0.4, -0.2) is 52.0 Å². The summed E-state index contributed by atoms with van der Waals surface area (Å²) in [6.45, 7) is 2.19. The molecule has 0 bridgehead atoms. The van der Waals surface area contributed by atoms with Crippen molar-refractivity contribution in [2.45, 2.75) is 50.0 Å². The summed E-state index contributed by atoms with van der Waals surface area (Å²) in [6.07, 6.45) is 7.94. The first-order chi connectivity index (χ1) is 14.9. The van der Waals surface area contributed by atoms with E-state index in [1.165, 1.54) is 6.26 Å². The van der Waals surface area contributed by atoms with E-state index in [0.717, 1.165) is 37.7 Å². The minimum Gasteiger partial charge on any atom is -0.396 e. The predicted octanol–water partition coefficient (Wildman–Crippen LogP) is 2.80. The second-order valence-corrected chi connectivity index (χ2v) is 10.0. The number of nitrogens with one attached hydrogen (secondary N) is 2. The van der Waals surface area contributed by atoms with Crippen molar-refractivity contribution in [1.82, 2.24) is 19.6 Å². The molecule has 0 aliphatic heterocycles. The van der Waals surface area contributed by atoms with Crippen LogP contribution in [0.1, 0.15) is 38.2 Å². The molecule has 3 N–H and O–H groups in total. The smallest absolute Gasteiger partial charge is 0.233 e. The maximum Gasteiger partial charge on any atom is 0.233 e. The lowest BCUT2D eigenvalue weighted by atomic mass is 9.85. The van der Waals surface area contributed by atoms with E-state index in [0.29, 0.717) is 23.2 Å². The molecule has 1 aliphatic rings. The largest absolute Gasteiger partial charge is 0.396 e. The second kappa shape index (κ2) is 8.80. The molecule has 4 rings (SSSR count). The summed E-state index contributed by atoms with van der Waals surface area (Å²) in [6, 6.07) is 6.64. The van der Waals surface area contributed by atoms with Crippen molar-refractivity contribution in [3.05, 3.63) is 36.0 Å². The van der Waals surface area contributed by atoms with E-state index in [2.05, 4.69) is 20.7 Å². The summed E-state index contributed by atoms with van der Waals surface area (Å²) >= 11 is 0. The van der Waals surface area contributed by atoms with Gasteiger partial charge in [-0.05, 0) is 43.5 Å². The van der Waals surface area contributed by atoms with E-state index < -0.39 is 9.84 Å². The standard InChI is InChI=1S/C21H28N6O3S/c1-3-14-12-22-27-19(14)25-20(24-18-7-5-4-6-15(18)13-28)26-21(27)23-16-8-10-17(11-9-16)31(2,29)30/h8-12,15,18,28H,3-7,13H2,1-2H3,(H2,23,24,25,26)/t15-,18-/m0/s1. The number of sulfone groups is 1. The van der Waals surface area contributed by atoms with Gasteiger partial charge in [-0.3, -0.25) is 0 Å². The molecule has 31 heavy (non-hydrogen) atoms. The van der Waals surface area contributed by atoms with Crippen LogP contribution >= 0.6 is 0 Å². The van der Waals surface area contributed by atoms with Crippen LogP contribution < -0.4 is 10.6 Å². The molecule has 2 heterocycles. The van der Waals surface area contributed by atoms with E-state index in [4.69, 9.17) is 4.98 Å². The molecule has 166 valence electrons. The lowest BCUT2D eigenvalue weighted by Gasteiger charge is -2.30. The summed E-state index contributed by atoms with van der Waals surface area (Å²) in [5.41, 5.74) is 2.41. The molecule has 0 saturated heterocycles. The molecule has 0 unspecified atom stereocenters. The number of hydrogen-bond acceptors (Lipinski definition) is 8. The highest BCUT2D eigenvalue weighted by Crippen LogP contribution is 2.27. The summed E-state index contributed by atoms with van der Waals surface area (Å²) in [4.78, 5) is 9.60. The number of hydrogen-bond donors (Lipinski definition) is 3. The van der Waals surface area contributed by atoms with E-state index in [9.17, 15) is 13.5 Å². The van der Waals surface area contributed by atoms with Gasteiger partial charge in [0.1, 0.15) is 0 Å². The number of aliphatic hydroxyl groups excluding tert-OH is 1. The zero-order valence-corrected chi connectivity index (χ0v) is 18.6. The van der Waals surface area contributed by atoms with E-state index in [1.54, 1.807) is 35.0 Å². The fourth-order valence-corrected chi connectivity index (χ4v) is 4.64. The molecule has 0 amide bonds. The van der Waals surface area contributed by atoms with Gasteiger partial charge in [0.15, 0.2) is 15.5 Å². The predicted molar refractivity (Wildman–Crippen MR) is 119 cm³/mol. The van der Waals surface area contributed by atoms with Gasteiger partial charge in [-0.15, -0.1) is 0 Å². The summed E-state index contributed by atoms with van der Waals surface area (Å²) in [5, 5.41) is 20.8. The van der Waals surface area contributed by atoms with Crippen LogP contribution in [0.3, 0.4) is 0 Å². The number of fused-ring (bicyclic) bond motifs is 1. The number of aliphatic hydroxyl groups is 1. The Balaban J connectivity index is 1.68. The molecule has 10 heteroatoms. The third kappa shape index (κ3) is 4.64. The van der Waals surface area contributed by atoms with Crippen molar-refractivity contribution >= 4 is 33.1 Å². The van der Waals surface area contributed by atoms with Crippen LogP contribution in [0.25, 0.3) is 5.65 Å². The summed E-state index contributed by atoms with van der Waals surface area (Å²) in [5.74, 6) is 1.16. The number of rotatable bonds is 7. The van der Waals surface area contributed by atoms with Gasteiger partial charge in [-0.1, -0.05) is 19.8 Å². The van der Waals surface area contributed by atoms with Gasteiger partial charge in [0, 0.05) is 36.1 Å². The van der Waals surface area contributed by atoms with Gasteiger partial charge >= 0.3 is 0 Å². The molecule has 1 saturated carbocycles. The van der Waals surface area contributed by atoms with Crippen LogP contribution in [0.5, 0.6) is 0 Å². The third-order valence-electron chi connectivity index (χ3n) is 5.82. The van der Waals surface area contributed by atoms with Crippen molar-refractivity contribution in [3.63, 3.8) is 0 Å². The van der Waals surface area contributed by atoms with Gasteiger partial charge in [0.25, 0.3) is 0 Å². The maximum absolute atomic E-state index is 11.7. The Hall–Kier alpha value is -2.72. The quantitative estimate of drug-likeness (QED) is 0.509. The molecule has 1 aromatic carbocycles. The fraction of sp³-hybridized carbons (Fsp3) is 0.476. The molecule has 1 fully saturated rings. The van der Waals surface area contributed by atoms with Gasteiger partial charge in [-0.2, -0.15) is 19.6 Å². The van der Waals surface area contributed by atoms with Crippen molar-refractivity contribution in [2.24, 2.45) is 5.92 Å². The second-order valence-electron chi connectivity index (χ2n) is 8.03. The first-order valence-electron chi connectivity index (χ1n) is 10.6. The number of benzene rings is 1. The Morgan fingerprint density at radius 3 is 2.58 bits per heavy atom. The van der Waals surface area contributed by atoms with E-state index in [1.807, 2.05) is 6.92 Å². The SMILES string of the molecule is CCc1cnn2c(Nc3ccc(S(C)(=O)=O)cc3)nc(N[C@H]3CCCC[C@H]3CO)nc12. The Morgan fingerprint density at radius 1 is 1.16 bits per heavy atom. The van der Waals surface area contributed by atoms with Crippen LogP contribution in [0.15, 0.2) is 35.4 Å². The minimum atomic E-state index is -3.26. The molecule has 0 radical (unpaired) electrons. The first kappa shape index (κ1) is 21.5. The molecular formula is C21H28N6O3S. The van der Waals surface area contributed by atoms with Crippen molar-refractivity contribution in [3.8, 4) is 0 Å². The zero-order valence-electron chi connectivity index (χ0n) is 17.7. The lowest BCUT2D eigenvalue weighted by Crippen LogP contribution is -2.35. The van der Waals surface area contributed by atoms with Crippen molar-refractivity contribution < 1.29 is 13.5 Å². The number of aromatic nitrogens is 4. The Labute approximate surface area is 181 Å². The Kier molecular flexibility index (Phi) is 6.10. The lowest BCUT2D eigenvalue weighted by molar-refractivity contribution is 0.178. The normalized spacial score (nSPS) is 19.5. The van der Waals surface area contributed by atoms with Crippen LogP contribution in [0.4, 0.5) is 17.6 Å². The van der Waals surface area contributed by atoms with Crippen molar-refractivity contribution in [2.75, 3.05) is 23.5 Å². The summed E-state index contributed by atoms with van der Waals surface area (Å²) < 4.78 is 25.1. The van der Waals surface area contributed by atoms with E-state index >= 15 is 0 Å². The van der Waals surface area contributed by atoms with E-state index in [-0.39, 0.29) is 23.5 Å². The van der Waals surface area contributed by atoms with Crippen LogP contribution in [0.2, 0.25) is 0 Å². The average Bonchev–Trinajstić information content (AvgIpc) is 3.17. The molecule has 9 nitrogen and oxygen atoms in total. The number of anilines is 3. The first-order valence-corrected chi connectivity index (χ1v) is 12.5. The van der Waals surface area contributed by atoms with Crippen LogP contribution in [-0.2, 0) is 16.3 Å². The maximum atomic E-state index is 11.7. The Morgan fingerprint density at radius 2 is 1.90 bits per heavy atom. The molecule has 3 aromatic rings. The zero-order chi connectivity index (χ0) is 22.0. The Bertz CT molecular complexity index is 1160. The highest BCUT2D eigenvalue weighted by molar-refractivity contribution is 7.90. The molecule has 1 aliphatic carbocycles. The highest BCUT2D eigenvalue weighted by Gasteiger charge is 2.25. The molecule has 2 aromatic heterocycles. The molecular weight excluding hydrogens is 416 g/mol. The van der Waals surface area contributed by atoms with Gasteiger partial charge in [0.2, 0.25) is 11.9 Å². The third-order valence-corrected chi connectivity index (χ3v) is 6.95. The number of nitrogens with zero attached hydrogens (tertiary/aromatic N) is 4. The van der Waals surface area contributed by atoms with Gasteiger partial charge in [0.05, 0.1) is 11.1 Å². The topological polar surface area (TPSA) is 122 Å². The number of aryl methyl sites for hydroxylation is 1. The molecule has 0 spiro atoms. The minimum absolute atomic E-state index is 0.121. The average molecular weight is 445 g/mol. The fourth-order valence-electron chi connectivity index (χ4n) is 4.01. The van der Waals surface area contributed by atoms with Gasteiger partial charge < -0.3 is 15.7 Å². The van der Waals surface area contributed by atoms with Crippen LogP contribution in [0, 0.1) is 5.92 Å². The highest BCUT2D eigenvalue weighted by atomic mass is 32.2. The van der Waals surface area contributed by atoms with Crippen molar-refractivity contribution in [1.29, 1.82) is 0 Å². The van der Waals surface area contributed by atoms with Gasteiger partial charge in [-0.25, -0.2) is 8.42 Å². The molecule has 2 atom stereocenters.